The highest BCUT2D eigenvalue weighted by molar-refractivity contribution is 5.89. The molecule has 2 heterocycles. The zero-order chi connectivity index (χ0) is 24.6. The highest BCUT2D eigenvalue weighted by atomic mass is 16.2. The number of hydrogen-bond acceptors (Lipinski definition) is 5. The molecule has 0 saturated carbocycles. The molecular weight excluding hydrogens is 418 g/mol. The third-order valence-corrected chi connectivity index (χ3v) is 5.97. The van der Waals surface area contributed by atoms with Crippen molar-refractivity contribution in [2.24, 2.45) is 5.73 Å². The van der Waals surface area contributed by atoms with E-state index in [1.807, 2.05) is 18.7 Å². The predicted octanol–water partition coefficient (Wildman–Crippen LogP) is 1.71. The van der Waals surface area contributed by atoms with E-state index in [0.717, 1.165) is 19.4 Å². The van der Waals surface area contributed by atoms with Gasteiger partial charge in [0.05, 0.1) is 12.7 Å². The molecule has 3 atom stereocenters. The molecule has 8 heteroatoms. The third kappa shape index (κ3) is 9.14. The summed E-state index contributed by atoms with van der Waals surface area (Å²) >= 11 is 0. The monoisotopic (exact) mass is 461 g/mol. The van der Waals surface area contributed by atoms with E-state index in [1.165, 1.54) is 25.7 Å². The summed E-state index contributed by atoms with van der Waals surface area (Å²) in [6, 6.07) is 8.68. The number of likely N-dealkylation sites (N-methyl/N-ethyl adjacent to an activating group) is 1. The van der Waals surface area contributed by atoms with Gasteiger partial charge in [-0.1, -0.05) is 38.1 Å². The molecule has 2 aliphatic heterocycles. The minimum Gasteiger partial charge on any atom is -0.372 e. The van der Waals surface area contributed by atoms with Crippen LogP contribution in [0.1, 0.15) is 64.0 Å². The van der Waals surface area contributed by atoms with Gasteiger partial charge in [-0.05, 0) is 76.6 Å². The lowest BCUT2D eigenvalue weighted by Crippen LogP contribution is -2.52. The second kappa shape index (κ2) is 16.2. The number of fused-ring (bicyclic) bond motifs is 2. The Labute approximate surface area is 199 Å². The van der Waals surface area contributed by atoms with Gasteiger partial charge in [0.1, 0.15) is 6.04 Å². The summed E-state index contributed by atoms with van der Waals surface area (Å²) in [4.78, 5) is 34.5. The number of primary amides is 1. The van der Waals surface area contributed by atoms with Crippen LogP contribution >= 0.6 is 0 Å². The molecule has 0 spiro atoms. The van der Waals surface area contributed by atoms with Crippen LogP contribution < -0.4 is 21.7 Å². The number of aryl methyl sites for hydroxylation is 2. The summed E-state index contributed by atoms with van der Waals surface area (Å²) in [6.45, 7) is 7.08. The Morgan fingerprint density at radius 3 is 2.27 bits per heavy atom. The van der Waals surface area contributed by atoms with Crippen LogP contribution in [0.15, 0.2) is 24.3 Å². The third-order valence-electron chi connectivity index (χ3n) is 5.97. The SMILES string of the molecule is CC.CNCC(=O)NC1CCNC2CCC(C)N2C1=O.NC=O.c1ccc2c(c1)CCCC2. The molecule has 4 rings (SSSR count). The highest BCUT2D eigenvalue weighted by Crippen LogP contribution is 2.25. The zero-order valence-corrected chi connectivity index (χ0v) is 20.7. The lowest BCUT2D eigenvalue weighted by Gasteiger charge is -2.29. The number of carbonyl (C=O) groups excluding carboxylic acids is 3. The number of benzene rings is 1. The minimum absolute atomic E-state index is 0.0550. The fourth-order valence-corrected chi connectivity index (χ4v) is 4.47. The Kier molecular flexibility index (Phi) is 14.0. The van der Waals surface area contributed by atoms with Crippen LogP contribution in [-0.4, -0.2) is 61.5 Å². The van der Waals surface area contributed by atoms with Crippen LogP contribution in [-0.2, 0) is 27.2 Å². The van der Waals surface area contributed by atoms with E-state index >= 15 is 0 Å². The van der Waals surface area contributed by atoms with Crippen LogP contribution in [0.3, 0.4) is 0 Å². The molecule has 3 unspecified atom stereocenters. The molecule has 8 nitrogen and oxygen atoms in total. The second-order valence-electron chi connectivity index (χ2n) is 8.19. The van der Waals surface area contributed by atoms with Gasteiger partial charge in [-0.3, -0.25) is 19.7 Å². The van der Waals surface area contributed by atoms with Crippen molar-refractivity contribution >= 4 is 18.2 Å². The molecule has 0 aromatic heterocycles. The largest absolute Gasteiger partial charge is 0.372 e. The van der Waals surface area contributed by atoms with Crippen LogP contribution in [0.2, 0.25) is 0 Å². The number of nitrogens with zero attached hydrogens (tertiary/aromatic N) is 1. The van der Waals surface area contributed by atoms with Gasteiger partial charge >= 0.3 is 0 Å². The van der Waals surface area contributed by atoms with Gasteiger partial charge in [-0.15, -0.1) is 0 Å². The van der Waals surface area contributed by atoms with Gasteiger partial charge in [-0.25, -0.2) is 0 Å². The van der Waals surface area contributed by atoms with Crippen LogP contribution in [0.4, 0.5) is 0 Å². The Balaban J connectivity index is 0.000000304. The van der Waals surface area contributed by atoms with Gasteiger partial charge in [0, 0.05) is 6.04 Å². The van der Waals surface area contributed by atoms with Crippen LogP contribution in [0.25, 0.3) is 0 Å². The maximum atomic E-state index is 12.4. The van der Waals surface area contributed by atoms with Crippen molar-refractivity contribution in [3.05, 3.63) is 35.4 Å². The number of hydrogen-bond donors (Lipinski definition) is 4. The molecule has 5 N–H and O–H groups in total. The van der Waals surface area contributed by atoms with Crippen molar-refractivity contribution in [1.29, 1.82) is 0 Å². The van der Waals surface area contributed by atoms with E-state index in [1.54, 1.807) is 18.2 Å². The zero-order valence-electron chi connectivity index (χ0n) is 20.7. The molecule has 1 aliphatic carbocycles. The van der Waals surface area contributed by atoms with Crippen molar-refractivity contribution in [3.8, 4) is 0 Å². The quantitative estimate of drug-likeness (QED) is 0.512. The van der Waals surface area contributed by atoms with Gasteiger partial charge in [0.15, 0.2) is 0 Å². The van der Waals surface area contributed by atoms with E-state index in [2.05, 4.69) is 52.9 Å². The molecule has 3 aliphatic rings. The summed E-state index contributed by atoms with van der Waals surface area (Å²) in [5.74, 6) is -0.0689. The normalized spacial score (nSPS) is 23.0. The number of nitrogens with two attached hydrogens (primary N) is 1. The number of carbonyl (C=O) groups is 3. The minimum atomic E-state index is -0.385. The average molecular weight is 462 g/mol. The molecule has 1 aromatic rings. The second-order valence-corrected chi connectivity index (χ2v) is 8.19. The van der Waals surface area contributed by atoms with Gasteiger partial charge < -0.3 is 21.3 Å². The molecule has 1 aromatic carbocycles. The summed E-state index contributed by atoms with van der Waals surface area (Å²) in [5.41, 5.74) is 7.32. The smallest absolute Gasteiger partial charge is 0.246 e. The van der Waals surface area contributed by atoms with E-state index in [9.17, 15) is 9.59 Å². The first kappa shape index (κ1) is 28.6. The number of rotatable bonds is 3. The van der Waals surface area contributed by atoms with E-state index in [4.69, 9.17) is 4.79 Å². The molecule has 0 radical (unpaired) electrons. The summed E-state index contributed by atoms with van der Waals surface area (Å²) in [5, 5.41) is 8.98. The Bertz CT molecular complexity index is 703. The van der Waals surface area contributed by atoms with Gasteiger partial charge in [0.2, 0.25) is 18.2 Å². The van der Waals surface area contributed by atoms with E-state index < -0.39 is 0 Å². The average Bonchev–Trinajstić information content (AvgIpc) is 3.12. The molecular formula is C25H43N5O3. The summed E-state index contributed by atoms with van der Waals surface area (Å²) in [7, 11) is 1.72. The van der Waals surface area contributed by atoms with Crippen molar-refractivity contribution in [2.75, 3.05) is 20.1 Å². The first-order valence-corrected chi connectivity index (χ1v) is 12.2. The van der Waals surface area contributed by atoms with E-state index in [-0.39, 0.29) is 43.0 Å². The van der Waals surface area contributed by atoms with Gasteiger partial charge in [-0.2, -0.15) is 0 Å². The Hall–Kier alpha value is -2.45. The number of nitrogens with one attached hydrogen (secondary N) is 3. The highest BCUT2D eigenvalue weighted by Gasteiger charge is 2.39. The Morgan fingerprint density at radius 1 is 1.15 bits per heavy atom. The van der Waals surface area contributed by atoms with Crippen molar-refractivity contribution < 1.29 is 14.4 Å². The van der Waals surface area contributed by atoms with Crippen molar-refractivity contribution in [3.63, 3.8) is 0 Å². The molecule has 2 saturated heterocycles. The lowest BCUT2D eigenvalue weighted by molar-refractivity contribution is -0.138. The standard InChI is InChI=1S/C12H22N4O2.C10H12.C2H6.CH3NO/c1-8-3-4-10-14-6-5-9(12(18)16(8)10)15-11(17)7-13-2;1-2-6-10-8-4-3-7-9(10)5-1;1-2;2-1-3/h8-10,13-14H,3-7H2,1-2H3,(H,15,17);1-2,5-6H,3-4,7-8H2;1-2H3;1H,(H2,2,3). The topological polar surface area (TPSA) is 117 Å². The first-order chi connectivity index (χ1) is 16.0. The number of amides is 3. The first-order valence-electron chi connectivity index (χ1n) is 12.2. The maximum absolute atomic E-state index is 12.4. The molecule has 0 bridgehead atoms. The lowest BCUT2D eigenvalue weighted by atomic mass is 9.92. The fourth-order valence-electron chi connectivity index (χ4n) is 4.47. The summed E-state index contributed by atoms with van der Waals surface area (Å²) < 4.78 is 0. The van der Waals surface area contributed by atoms with E-state index in [0.29, 0.717) is 6.42 Å². The summed E-state index contributed by atoms with van der Waals surface area (Å²) in [6.07, 6.45) is 8.47. The predicted molar refractivity (Wildman–Crippen MR) is 132 cm³/mol. The maximum Gasteiger partial charge on any atom is 0.246 e. The van der Waals surface area contributed by atoms with Crippen molar-refractivity contribution in [2.45, 2.75) is 84.0 Å². The fraction of sp³-hybridized carbons (Fsp3) is 0.640. The Morgan fingerprint density at radius 2 is 1.73 bits per heavy atom. The van der Waals surface area contributed by atoms with Crippen molar-refractivity contribution in [1.82, 2.24) is 20.9 Å². The molecule has 3 amide bonds. The van der Waals surface area contributed by atoms with Crippen LogP contribution in [0.5, 0.6) is 0 Å². The molecule has 2 fully saturated rings. The van der Waals surface area contributed by atoms with Gasteiger partial charge in [0.25, 0.3) is 0 Å². The molecule has 33 heavy (non-hydrogen) atoms. The molecule has 186 valence electrons. The van der Waals surface area contributed by atoms with Crippen LogP contribution in [0, 0.1) is 0 Å².